The van der Waals surface area contributed by atoms with Crippen molar-refractivity contribution in [3.05, 3.63) is 58.7 Å². The number of carbonyl (C=O) groups is 1. The Morgan fingerprint density at radius 2 is 1.90 bits per heavy atom. The van der Waals surface area contributed by atoms with Crippen LogP contribution in [0.5, 0.6) is 0 Å². The minimum absolute atomic E-state index is 0.140. The summed E-state index contributed by atoms with van der Waals surface area (Å²) < 4.78 is 16.2. The number of benzene rings is 1. The average Bonchev–Trinajstić information content (AvgIpc) is 2.99. The zero-order valence-electron chi connectivity index (χ0n) is 17.3. The molecule has 6 heteroatoms. The van der Waals surface area contributed by atoms with Crippen LogP contribution in [0, 0.1) is 31.0 Å². The topological polar surface area (TPSA) is 52.3 Å². The van der Waals surface area contributed by atoms with Crippen LogP contribution in [0.2, 0.25) is 0 Å². The second kappa shape index (κ2) is 8.95. The molecule has 0 saturated carbocycles. The van der Waals surface area contributed by atoms with Gasteiger partial charge in [0.15, 0.2) is 0 Å². The maximum atomic E-state index is 14.0. The Morgan fingerprint density at radius 3 is 2.52 bits per heavy atom. The predicted molar refractivity (Wildman–Crippen MR) is 113 cm³/mol. The molecule has 29 heavy (non-hydrogen) atoms. The van der Waals surface area contributed by atoms with Gasteiger partial charge in [0.25, 0.3) is 5.91 Å². The van der Waals surface area contributed by atoms with Crippen LogP contribution in [0.1, 0.15) is 30.3 Å². The van der Waals surface area contributed by atoms with Crippen LogP contribution in [-0.2, 0) is 11.3 Å². The number of aromatic nitrogens is 1. The van der Waals surface area contributed by atoms with Crippen LogP contribution in [0.4, 0.5) is 10.1 Å². The number of nitriles is 1. The third-order valence-electron chi connectivity index (χ3n) is 5.47. The van der Waals surface area contributed by atoms with Crippen LogP contribution in [0.15, 0.2) is 35.9 Å². The lowest BCUT2D eigenvalue weighted by Crippen LogP contribution is -2.49. The van der Waals surface area contributed by atoms with Gasteiger partial charge in [0.05, 0.1) is 5.69 Å². The van der Waals surface area contributed by atoms with E-state index in [0.717, 1.165) is 29.9 Å². The van der Waals surface area contributed by atoms with E-state index in [1.54, 1.807) is 23.1 Å². The van der Waals surface area contributed by atoms with E-state index in [0.29, 0.717) is 31.9 Å². The first-order chi connectivity index (χ1) is 14.0. The Kier molecular flexibility index (Phi) is 6.38. The lowest BCUT2D eigenvalue weighted by molar-refractivity contribution is -0.126. The number of amides is 1. The monoisotopic (exact) mass is 394 g/mol. The van der Waals surface area contributed by atoms with E-state index in [-0.39, 0.29) is 17.3 Å². The third-order valence-corrected chi connectivity index (χ3v) is 5.47. The maximum absolute atomic E-state index is 14.0. The number of hydrogen-bond donors (Lipinski definition) is 0. The fourth-order valence-electron chi connectivity index (χ4n) is 3.87. The molecular formula is C23H27FN4O. The summed E-state index contributed by atoms with van der Waals surface area (Å²) >= 11 is 0. The van der Waals surface area contributed by atoms with Crippen LogP contribution in [-0.4, -0.2) is 41.6 Å². The largest absolute Gasteiger partial charge is 0.366 e. The summed E-state index contributed by atoms with van der Waals surface area (Å²) in [4.78, 5) is 16.5. The standard InChI is InChI=1S/C23H27FN4O/c1-4-9-28-17(2)14-19(18(28)3)15-20(16-25)23(29)27-12-10-26(11-13-27)22-8-6-5-7-21(22)24/h5-8,14-15H,4,9-13H2,1-3H3/b20-15+. The molecule has 1 amide bonds. The van der Waals surface area contributed by atoms with Crippen molar-refractivity contribution < 1.29 is 9.18 Å². The van der Waals surface area contributed by atoms with Gasteiger partial charge in [-0.3, -0.25) is 4.79 Å². The molecule has 1 aliphatic rings. The number of piperazine rings is 1. The molecule has 0 unspecified atom stereocenters. The zero-order chi connectivity index (χ0) is 21.0. The predicted octanol–water partition coefficient (Wildman–Crippen LogP) is 3.91. The highest BCUT2D eigenvalue weighted by Crippen LogP contribution is 2.22. The van der Waals surface area contributed by atoms with E-state index in [9.17, 15) is 14.4 Å². The van der Waals surface area contributed by atoms with E-state index >= 15 is 0 Å². The fraction of sp³-hybridized carbons (Fsp3) is 0.391. The van der Waals surface area contributed by atoms with Gasteiger partial charge >= 0.3 is 0 Å². The van der Waals surface area contributed by atoms with Crippen molar-refractivity contribution in [2.45, 2.75) is 33.7 Å². The summed E-state index contributed by atoms with van der Waals surface area (Å²) in [7, 11) is 0. The van der Waals surface area contributed by atoms with E-state index in [1.165, 1.54) is 6.07 Å². The first kappa shape index (κ1) is 20.7. The number of halogens is 1. The molecule has 0 atom stereocenters. The minimum Gasteiger partial charge on any atom is -0.366 e. The van der Waals surface area contributed by atoms with Crippen molar-refractivity contribution in [1.29, 1.82) is 5.26 Å². The lowest BCUT2D eigenvalue weighted by Gasteiger charge is -2.36. The Balaban J connectivity index is 1.73. The highest BCUT2D eigenvalue weighted by Gasteiger charge is 2.25. The Labute approximate surface area is 171 Å². The molecule has 1 fully saturated rings. The number of rotatable bonds is 5. The summed E-state index contributed by atoms with van der Waals surface area (Å²) in [6.45, 7) is 9.09. The van der Waals surface area contributed by atoms with Crippen molar-refractivity contribution in [2.24, 2.45) is 0 Å². The number of aryl methyl sites for hydroxylation is 1. The fourth-order valence-corrected chi connectivity index (χ4v) is 3.87. The van der Waals surface area contributed by atoms with Gasteiger partial charge in [-0.25, -0.2) is 4.39 Å². The van der Waals surface area contributed by atoms with Gasteiger partial charge in [-0.05, 0) is 50.1 Å². The average molecular weight is 394 g/mol. The molecule has 1 aliphatic heterocycles. The summed E-state index contributed by atoms with van der Waals surface area (Å²) in [6.07, 6.45) is 2.72. The van der Waals surface area contributed by atoms with Crippen molar-refractivity contribution in [3.63, 3.8) is 0 Å². The molecule has 0 N–H and O–H groups in total. The van der Waals surface area contributed by atoms with Gasteiger partial charge in [0, 0.05) is 44.1 Å². The molecule has 5 nitrogen and oxygen atoms in total. The van der Waals surface area contributed by atoms with Crippen LogP contribution < -0.4 is 4.90 Å². The van der Waals surface area contributed by atoms with Gasteiger partial charge in [0.2, 0.25) is 0 Å². The Bertz CT molecular complexity index is 962. The van der Waals surface area contributed by atoms with Gasteiger partial charge in [0.1, 0.15) is 17.5 Å². The molecule has 2 aromatic rings. The molecule has 0 aliphatic carbocycles. The Morgan fingerprint density at radius 1 is 1.21 bits per heavy atom. The van der Waals surface area contributed by atoms with Gasteiger partial charge in [-0.15, -0.1) is 0 Å². The quantitative estimate of drug-likeness (QED) is 0.571. The third kappa shape index (κ3) is 4.34. The first-order valence-electron chi connectivity index (χ1n) is 10.0. The van der Waals surface area contributed by atoms with Gasteiger partial charge in [-0.2, -0.15) is 5.26 Å². The van der Waals surface area contributed by atoms with E-state index in [4.69, 9.17) is 0 Å². The number of anilines is 1. The van der Waals surface area contributed by atoms with E-state index in [2.05, 4.69) is 17.6 Å². The zero-order valence-corrected chi connectivity index (χ0v) is 17.3. The second-order valence-corrected chi connectivity index (χ2v) is 7.38. The van der Waals surface area contributed by atoms with Crippen LogP contribution >= 0.6 is 0 Å². The van der Waals surface area contributed by atoms with Gasteiger partial charge < -0.3 is 14.4 Å². The maximum Gasteiger partial charge on any atom is 0.264 e. The summed E-state index contributed by atoms with van der Waals surface area (Å²) in [5, 5.41) is 9.59. The SMILES string of the molecule is CCCn1c(C)cc(/C=C(\C#N)C(=O)N2CCN(c3ccccc3F)CC2)c1C. The van der Waals surface area contributed by atoms with Crippen molar-refractivity contribution in [1.82, 2.24) is 9.47 Å². The smallest absolute Gasteiger partial charge is 0.264 e. The number of para-hydroxylation sites is 1. The Hall–Kier alpha value is -3.07. The van der Waals surface area contributed by atoms with Crippen LogP contribution in [0.25, 0.3) is 6.08 Å². The second-order valence-electron chi connectivity index (χ2n) is 7.38. The summed E-state index contributed by atoms with van der Waals surface area (Å²) in [6, 6.07) is 10.8. The molecule has 1 aromatic carbocycles. The molecule has 1 saturated heterocycles. The number of nitrogens with zero attached hydrogens (tertiary/aromatic N) is 4. The van der Waals surface area contributed by atoms with Crippen molar-refractivity contribution in [3.8, 4) is 6.07 Å². The van der Waals surface area contributed by atoms with E-state index < -0.39 is 0 Å². The molecular weight excluding hydrogens is 367 g/mol. The molecule has 3 rings (SSSR count). The lowest BCUT2D eigenvalue weighted by atomic mass is 10.1. The molecule has 0 radical (unpaired) electrons. The first-order valence-corrected chi connectivity index (χ1v) is 10.0. The van der Waals surface area contributed by atoms with Crippen LogP contribution in [0.3, 0.4) is 0 Å². The molecule has 2 heterocycles. The number of hydrogen-bond acceptors (Lipinski definition) is 3. The highest BCUT2D eigenvalue weighted by molar-refractivity contribution is 6.02. The van der Waals surface area contributed by atoms with Gasteiger partial charge in [-0.1, -0.05) is 19.1 Å². The molecule has 152 valence electrons. The summed E-state index contributed by atoms with van der Waals surface area (Å²) in [5.74, 6) is -0.520. The molecule has 0 spiro atoms. The van der Waals surface area contributed by atoms with Crippen molar-refractivity contribution >= 4 is 17.7 Å². The normalized spacial score (nSPS) is 14.8. The van der Waals surface area contributed by atoms with E-state index in [1.807, 2.05) is 30.9 Å². The van der Waals surface area contributed by atoms with Crippen molar-refractivity contribution in [2.75, 3.05) is 31.1 Å². The molecule has 0 bridgehead atoms. The highest BCUT2D eigenvalue weighted by atomic mass is 19.1. The number of carbonyl (C=O) groups excluding carboxylic acids is 1. The minimum atomic E-state index is -0.263. The molecule has 1 aromatic heterocycles. The summed E-state index contributed by atoms with van der Waals surface area (Å²) in [5.41, 5.74) is 3.79.